The number of guanidine groups is 1. The van der Waals surface area contributed by atoms with Gasteiger partial charge in [-0.05, 0) is 36.5 Å². The third-order valence-electron chi connectivity index (χ3n) is 5.21. The Hall–Kier alpha value is -2.34. The van der Waals surface area contributed by atoms with Gasteiger partial charge < -0.3 is 15.5 Å². The second-order valence-electron chi connectivity index (χ2n) is 6.85. The van der Waals surface area contributed by atoms with Crippen LogP contribution in [0, 0.1) is 0 Å². The van der Waals surface area contributed by atoms with Crippen LogP contribution < -0.4 is 10.6 Å². The fourth-order valence-corrected chi connectivity index (χ4v) is 3.90. The van der Waals surface area contributed by atoms with Crippen molar-refractivity contribution in [3.63, 3.8) is 0 Å². The zero-order valence-electron chi connectivity index (χ0n) is 14.6. The molecule has 6 nitrogen and oxygen atoms in total. The van der Waals surface area contributed by atoms with Gasteiger partial charge in [0.1, 0.15) is 0 Å². The largest absolute Gasteiger partial charge is 0.370 e. The zero-order valence-corrected chi connectivity index (χ0v) is 15.4. The molecule has 4 rings (SSSR count). The Morgan fingerprint density at radius 1 is 1.04 bits per heavy atom. The van der Waals surface area contributed by atoms with Crippen molar-refractivity contribution in [1.82, 2.24) is 14.9 Å². The number of nitrogens with two attached hydrogens (primary N) is 1. The van der Waals surface area contributed by atoms with Crippen molar-refractivity contribution >= 4 is 23.5 Å². The molecule has 0 unspecified atom stereocenters. The first-order chi connectivity index (χ1) is 12.7. The van der Waals surface area contributed by atoms with Gasteiger partial charge in [-0.25, -0.2) is 15.0 Å². The first-order valence-corrected chi connectivity index (χ1v) is 9.43. The molecule has 7 heteroatoms. The first kappa shape index (κ1) is 17.1. The Bertz CT molecular complexity index is 767. The van der Waals surface area contributed by atoms with Crippen LogP contribution in [0.2, 0.25) is 5.02 Å². The number of aliphatic imine (C=N–C) groups is 1. The van der Waals surface area contributed by atoms with E-state index in [1.165, 1.54) is 5.56 Å². The van der Waals surface area contributed by atoms with E-state index in [1.807, 2.05) is 24.3 Å². The van der Waals surface area contributed by atoms with Gasteiger partial charge in [-0.3, -0.25) is 0 Å². The molecule has 2 aliphatic rings. The average molecular weight is 371 g/mol. The lowest BCUT2D eigenvalue weighted by molar-refractivity contribution is 0.336. The topological polar surface area (TPSA) is 70.6 Å². The molecule has 2 aromatic rings. The standard InChI is InChI=1S/C19H23ClN6/c20-17-5-2-1-4-16(17)14-12-15(13-14)24-18(21)25-8-10-26(11-9-25)19-22-6-3-7-23-19/h1-7,14-15H,8-13H2,(H2,21,24). The maximum atomic E-state index is 6.29. The minimum atomic E-state index is 0.298. The van der Waals surface area contributed by atoms with Crippen LogP contribution in [0.15, 0.2) is 47.7 Å². The summed E-state index contributed by atoms with van der Waals surface area (Å²) in [6.07, 6.45) is 5.58. The van der Waals surface area contributed by atoms with Gasteiger partial charge >= 0.3 is 0 Å². The Kier molecular flexibility index (Phi) is 4.93. The molecule has 0 atom stereocenters. The molecule has 1 saturated heterocycles. The van der Waals surface area contributed by atoms with Crippen LogP contribution in [0.4, 0.5) is 5.95 Å². The fraction of sp³-hybridized carbons (Fsp3) is 0.421. The Balaban J connectivity index is 1.29. The van der Waals surface area contributed by atoms with E-state index in [2.05, 4.69) is 25.8 Å². The highest BCUT2D eigenvalue weighted by atomic mass is 35.5. The maximum Gasteiger partial charge on any atom is 0.225 e. The van der Waals surface area contributed by atoms with E-state index in [4.69, 9.17) is 22.3 Å². The molecule has 2 fully saturated rings. The molecule has 2 N–H and O–H groups in total. The van der Waals surface area contributed by atoms with Crippen molar-refractivity contribution in [2.75, 3.05) is 31.1 Å². The van der Waals surface area contributed by atoms with Gasteiger partial charge in [0.15, 0.2) is 5.96 Å². The number of halogens is 1. The summed E-state index contributed by atoms with van der Waals surface area (Å²) in [4.78, 5) is 17.7. The number of hydrogen-bond donors (Lipinski definition) is 1. The number of piperazine rings is 1. The molecule has 0 amide bonds. The van der Waals surface area contributed by atoms with Crippen LogP contribution in [0.5, 0.6) is 0 Å². The number of nitrogens with zero attached hydrogens (tertiary/aromatic N) is 5. The molecule has 26 heavy (non-hydrogen) atoms. The number of aromatic nitrogens is 2. The Morgan fingerprint density at radius 3 is 2.42 bits per heavy atom. The molecule has 136 valence electrons. The summed E-state index contributed by atoms with van der Waals surface area (Å²) < 4.78 is 0. The summed E-state index contributed by atoms with van der Waals surface area (Å²) >= 11 is 6.29. The predicted molar refractivity (Wildman–Crippen MR) is 105 cm³/mol. The molecule has 1 aliphatic carbocycles. The molecule has 0 radical (unpaired) electrons. The number of benzene rings is 1. The average Bonchev–Trinajstić information content (AvgIpc) is 2.66. The Labute approximate surface area is 158 Å². The monoisotopic (exact) mass is 370 g/mol. The number of anilines is 1. The molecule has 0 bridgehead atoms. The lowest BCUT2D eigenvalue weighted by Gasteiger charge is -2.37. The van der Waals surface area contributed by atoms with Gasteiger partial charge in [-0.15, -0.1) is 0 Å². The van der Waals surface area contributed by atoms with Crippen molar-refractivity contribution in [1.29, 1.82) is 0 Å². The van der Waals surface area contributed by atoms with Crippen molar-refractivity contribution < 1.29 is 0 Å². The second kappa shape index (κ2) is 7.50. The Morgan fingerprint density at radius 2 is 1.73 bits per heavy atom. The van der Waals surface area contributed by atoms with Crippen LogP contribution in [0.1, 0.15) is 24.3 Å². The molecule has 1 aromatic heterocycles. The third kappa shape index (κ3) is 3.60. The molecule has 2 heterocycles. The predicted octanol–water partition coefficient (Wildman–Crippen LogP) is 2.51. The highest BCUT2D eigenvalue weighted by molar-refractivity contribution is 6.31. The highest BCUT2D eigenvalue weighted by Gasteiger charge is 2.32. The molecule has 1 aliphatic heterocycles. The summed E-state index contributed by atoms with van der Waals surface area (Å²) in [7, 11) is 0. The quantitative estimate of drug-likeness (QED) is 0.664. The van der Waals surface area contributed by atoms with Crippen molar-refractivity contribution in [2.24, 2.45) is 10.7 Å². The van der Waals surface area contributed by atoms with Crippen molar-refractivity contribution in [3.05, 3.63) is 53.3 Å². The molecule has 1 saturated carbocycles. The van der Waals surface area contributed by atoms with Crippen LogP contribution in [0.3, 0.4) is 0 Å². The van der Waals surface area contributed by atoms with Gasteiger partial charge in [0.25, 0.3) is 0 Å². The molecular weight excluding hydrogens is 348 g/mol. The lowest BCUT2D eigenvalue weighted by atomic mass is 9.76. The minimum absolute atomic E-state index is 0.298. The van der Waals surface area contributed by atoms with Crippen LogP contribution in [0.25, 0.3) is 0 Å². The molecular formula is C19H23ClN6. The second-order valence-corrected chi connectivity index (χ2v) is 7.26. The number of hydrogen-bond acceptors (Lipinski definition) is 4. The first-order valence-electron chi connectivity index (χ1n) is 9.05. The maximum absolute atomic E-state index is 6.29. The third-order valence-corrected chi connectivity index (χ3v) is 5.56. The smallest absolute Gasteiger partial charge is 0.225 e. The summed E-state index contributed by atoms with van der Waals surface area (Å²) in [5.41, 5.74) is 7.49. The van der Waals surface area contributed by atoms with E-state index in [0.717, 1.165) is 50.0 Å². The van der Waals surface area contributed by atoms with E-state index in [9.17, 15) is 0 Å². The van der Waals surface area contributed by atoms with E-state index in [0.29, 0.717) is 17.9 Å². The summed E-state index contributed by atoms with van der Waals surface area (Å²) in [5, 5.41) is 0.854. The van der Waals surface area contributed by atoms with Gasteiger partial charge in [0.2, 0.25) is 5.95 Å². The van der Waals surface area contributed by atoms with Gasteiger partial charge in [-0.1, -0.05) is 29.8 Å². The van der Waals surface area contributed by atoms with Crippen LogP contribution in [-0.4, -0.2) is 53.0 Å². The van der Waals surface area contributed by atoms with E-state index in [-0.39, 0.29) is 0 Å². The minimum Gasteiger partial charge on any atom is -0.370 e. The van der Waals surface area contributed by atoms with Gasteiger partial charge in [0, 0.05) is 43.6 Å². The number of rotatable bonds is 3. The summed E-state index contributed by atoms with van der Waals surface area (Å²) in [6, 6.07) is 10.2. The van der Waals surface area contributed by atoms with Gasteiger partial charge in [-0.2, -0.15) is 0 Å². The normalized spacial score (nSPS) is 23.7. The van der Waals surface area contributed by atoms with Crippen LogP contribution >= 0.6 is 11.6 Å². The van der Waals surface area contributed by atoms with E-state index < -0.39 is 0 Å². The summed E-state index contributed by atoms with van der Waals surface area (Å²) in [6.45, 7) is 3.39. The highest BCUT2D eigenvalue weighted by Crippen LogP contribution is 2.41. The van der Waals surface area contributed by atoms with Gasteiger partial charge in [0.05, 0.1) is 6.04 Å². The molecule has 1 aromatic carbocycles. The van der Waals surface area contributed by atoms with Crippen molar-refractivity contribution in [3.8, 4) is 0 Å². The van der Waals surface area contributed by atoms with Crippen LogP contribution in [-0.2, 0) is 0 Å². The van der Waals surface area contributed by atoms with E-state index in [1.54, 1.807) is 12.4 Å². The van der Waals surface area contributed by atoms with Crippen molar-refractivity contribution in [2.45, 2.75) is 24.8 Å². The fourth-order valence-electron chi connectivity index (χ4n) is 3.61. The van der Waals surface area contributed by atoms with E-state index >= 15 is 0 Å². The summed E-state index contributed by atoms with van der Waals surface area (Å²) in [5.74, 6) is 1.93. The zero-order chi connectivity index (χ0) is 17.9. The molecule has 0 spiro atoms. The SMILES string of the molecule is NC(=NC1CC(c2ccccc2Cl)C1)N1CCN(c2ncccn2)CC1. The lowest BCUT2D eigenvalue weighted by Crippen LogP contribution is -2.52.